The van der Waals surface area contributed by atoms with Crippen molar-refractivity contribution in [3.63, 3.8) is 0 Å². The van der Waals surface area contributed by atoms with E-state index in [1.807, 2.05) is 26.0 Å². The zero-order valence-corrected chi connectivity index (χ0v) is 19.0. The lowest BCUT2D eigenvalue weighted by molar-refractivity contribution is -0.255. The van der Waals surface area contributed by atoms with Crippen molar-refractivity contribution < 1.29 is 20.1 Å². The minimum atomic E-state index is -1.05. The molecule has 1 heterocycles. The summed E-state index contributed by atoms with van der Waals surface area (Å²) in [6, 6.07) is 12.5. The van der Waals surface area contributed by atoms with Crippen LogP contribution in [0.1, 0.15) is 55.5 Å². The van der Waals surface area contributed by atoms with Crippen molar-refractivity contribution in [1.82, 2.24) is 0 Å². The van der Waals surface area contributed by atoms with Gasteiger partial charge in [-0.2, -0.15) is 0 Å². The van der Waals surface area contributed by atoms with E-state index < -0.39 is 29.8 Å². The first-order valence-corrected chi connectivity index (χ1v) is 11.2. The van der Waals surface area contributed by atoms with Gasteiger partial charge >= 0.3 is 0 Å². The minimum Gasteiger partial charge on any atom is -0.394 e. The highest BCUT2D eigenvalue weighted by atomic mass is 35.5. The lowest BCUT2D eigenvalue weighted by atomic mass is 9.75. The molecule has 0 aliphatic carbocycles. The van der Waals surface area contributed by atoms with E-state index in [-0.39, 0.29) is 6.61 Å². The molecule has 1 aliphatic heterocycles. The first kappa shape index (κ1) is 23.2. The van der Waals surface area contributed by atoms with E-state index in [2.05, 4.69) is 31.2 Å². The first-order valence-electron chi connectivity index (χ1n) is 10.8. The molecule has 164 valence electrons. The van der Waals surface area contributed by atoms with E-state index in [1.54, 1.807) is 6.92 Å². The van der Waals surface area contributed by atoms with Crippen LogP contribution < -0.4 is 0 Å². The second-order valence-corrected chi connectivity index (χ2v) is 8.95. The van der Waals surface area contributed by atoms with Crippen LogP contribution in [-0.4, -0.2) is 40.2 Å². The maximum atomic E-state index is 11.1. The number of ether oxygens (including phenoxy) is 1. The Bertz CT molecular complexity index is 864. The summed E-state index contributed by atoms with van der Waals surface area (Å²) in [4.78, 5) is 0. The molecule has 3 rings (SSSR count). The van der Waals surface area contributed by atoms with Gasteiger partial charge in [-0.25, -0.2) is 0 Å². The van der Waals surface area contributed by atoms with Crippen LogP contribution in [-0.2, 0) is 29.6 Å². The van der Waals surface area contributed by atoms with Crippen LogP contribution >= 0.6 is 11.6 Å². The maximum Gasteiger partial charge on any atom is 0.117 e. The van der Waals surface area contributed by atoms with Gasteiger partial charge in [0.15, 0.2) is 0 Å². The van der Waals surface area contributed by atoms with E-state index in [0.29, 0.717) is 11.4 Å². The van der Waals surface area contributed by atoms with Gasteiger partial charge in [-0.15, -0.1) is 0 Å². The Morgan fingerprint density at radius 2 is 1.63 bits per heavy atom. The Morgan fingerprint density at radius 1 is 1.00 bits per heavy atom. The molecule has 1 fully saturated rings. The van der Waals surface area contributed by atoms with Crippen LogP contribution in [0.3, 0.4) is 0 Å². The third-order valence-electron chi connectivity index (χ3n) is 6.57. The highest BCUT2D eigenvalue weighted by Gasteiger charge is 2.50. The maximum absolute atomic E-state index is 11.1. The zero-order chi connectivity index (χ0) is 22.1. The van der Waals surface area contributed by atoms with E-state index in [1.165, 1.54) is 5.56 Å². The Hall–Kier alpha value is -1.43. The van der Waals surface area contributed by atoms with Gasteiger partial charge in [-0.3, -0.25) is 0 Å². The van der Waals surface area contributed by atoms with Gasteiger partial charge < -0.3 is 20.1 Å². The summed E-state index contributed by atoms with van der Waals surface area (Å²) in [5.74, 6) is -0.439. The number of aryl methyl sites for hydroxylation is 2. The quantitative estimate of drug-likeness (QED) is 0.644. The molecule has 30 heavy (non-hydrogen) atoms. The fourth-order valence-corrected chi connectivity index (χ4v) is 4.76. The highest BCUT2D eigenvalue weighted by Crippen LogP contribution is 2.43. The molecule has 3 N–H and O–H groups in total. The molecule has 0 amide bonds. The molecule has 4 nitrogen and oxygen atoms in total. The fourth-order valence-electron chi connectivity index (χ4n) is 4.51. The van der Waals surface area contributed by atoms with Crippen LogP contribution in [0.15, 0.2) is 36.4 Å². The number of benzene rings is 2. The van der Waals surface area contributed by atoms with Gasteiger partial charge in [-0.05, 0) is 60.1 Å². The van der Waals surface area contributed by atoms with Crippen molar-refractivity contribution in [2.45, 2.75) is 70.9 Å². The molecule has 1 saturated heterocycles. The topological polar surface area (TPSA) is 69.9 Å². The normalized spacial score (nSPS) is 29.2. The van der Waals surface area contributed by atoms with Crippen LogP contribution in [0.2, 0.25) is 5.02 Å². The molecule has 5 heteroatoms. The number of hydrogen-bond acceptors (Lipinski definition) is 4. The summed E-state index contributed by atoms with van der Waals surface area (Å²) in [6.45, 7) is 7.50. The third-order valence-corrected chi connectivity index (χ3v) is 6.92. The molecular formula is C25H33ClO4. The monoisotopic (exact) mass is 432 g/mol. The number of halogens is 1. The average molecular weight is 433 g/mol. The molecule has 5 atom stereocenters. The molecule has 0 aromatic heterocycles. The highest BCUT2D eigenvalue weighted by molar-refractivity contribution is 6.31. The zero-order valence-electron chi connectivity index (χ0n) is 18.2. The van der Waals surface area contributed by atoms with E-state index in [0.717, 1.165) is 35.1 Å². The molecular weight excluding hydrogens is 400 g/mol. The summed E-state index contributed by atoms with van der Waals surface area (Å²) >= 11 is 6.63. The SMILES string of the molecule is CCc1ccc(Cc2cc([C@]3(C)O[C@H](CO)[C@@H](O)[C@H](C)[C@H]3O)c(CC)cc2Cl)cc1. The van der Waals surface area contributed by atoms with Gasteiger partial charge in [0.2, 0.25) is 0 Å². The molecule has 2 aromatic rings. The molecule has 0 bridgehead atoms. The van der Waals surface area contributed by atoms with Crippen LogP contribution in [0, 0.1) is 5.92 Å². The van der Waals surface area contributed by atoms with E-state index >= 15 is 0 Å². The van der Waals surface area contributed by atoms with E-state index in [4.69, 9.17) is 16.3 Å². The number of rotatable bonds is 6. The minimum absolute atomic E-state index is 0.306. The summed E-state index contributed by atoms with van der Waals surface area (Å²) in [7, 11) is 0. The van der Waals surface area contributed by atoms with Gasteiger partial charge in [0, 0.05) is 10.9 Å². The van der Waals surface area contributed by atoms with Crippen molar-refractivity contribution >= 4 is 11.6 Å². The smallest absolute Gasteiger partial charge is 0.117 e. The molecule has 2 aromatic carbocycles. The van der Waals surface area contributed by atoms with Gasteiger partial charge in [0.05, 0.1) is 18.8 Å². The molecule has 0 radical (unpaired) electrons. The lowest BCUT2D eigenvalue weighted by Crippen LogP contribution is -2.59. The van der Waals surface area contributed by atoms with Crippen molar-refractivity contribution in [3.05, 3.63) is 69.2 Å². The van der Waals surface area contributed by atoms with Gasteiger partial charge in [0.25, 0.3) is 0 Å². The number of hydrogen-bond donors (Lipinski definition) is 3. The standard InChI is InChI=1S/C25H33ClO4/c1-5-16-7-9-17(10-8-16)11-19-12-20(18(6-2)13-21(19)26)25(4)24(29)15(3)23(28)22(14-27)30-25/h7-10,12-13,15,22-24,27-29H,5-6,11,14H2,1-4H3/t15-,22+,23-,24+,25-/m0/s1. The summed E-state index contributed by atoms with van der Waals surface area (Å²) in [5.41, 5.74) is 4.22. The molecule has 0 unspecified atom stereocenters. The van der Waals surface area contributed by atoms with Crippen LogP contribution in [0.4, 0.5) is 0 Å². The largest absolute Gasteiger partial charge is 0.394 e. The van der Waals surface area contributed by atoms with Crippen molar-refractivity contribution in [2.24, 2.45) is 5.92 Å². The fraction of sp³-hybridized carbons (Fsp3) is 0.520. The second-order valence-electron chi connectivity index (χ2n) is 8.54. The summed E-state index contributed by atoms with van der Waals surface area (Å²) < 4.78 is 6.13. The predicted molar refractivity (Wildman–Crippen MR) is 120 cm³/mol. The second kappa shape index (κ2) is 9.37. The van der Waals surface area contributed by atoms with Gasteiger partial charge in [-0.1, -0.05) is 62.7 Å². The molecule has 0 saturated carbocycles. The van der Waals surface area contributed by atoms with E-state index in [9.17, 15) is 15.3 Å². The number of aliphatic hydroxyl groups is 3. The van der Waals surface area contributed by atoms with Crippen LogP contribution in [0.5, 0.6) is 0 Å². The summed E-state index contributed by atoms with van der Waals surface area (Å²) in [6.07, 6.45) is -0.190. The average Bonchev–Trinajstić information content (AvgIpc) is 2.76. The Kier molecular flexibility index (Phi) is 7.26. The first-order chi connectivity index (χ1) is 14.2. The lowest BCUT2D eigenvalue weighted by Gasteiger charge is -2.48. The third kappa shape index (κ3) is 4.30. The summed E-state index contributed by atoms with van der Waals surface area (Å²) in [5, 5.41) is 31.9. The van der Waals surface area contributed by atoms with Gasteiger partial charge in [0.1, 0.15) is 11.7 Å². The molecule has 1 aliphatic rings. The van der Waals surface area contributed by atoms with Crippen LogP contribution in [0.25, 0.3) is 0 Å². The van der Waals surface area contributed by atoms with Crippen molar-refractivity contribution in [1.29, 1.82) is 0 Å². The molecule has 0 spiro atoms. The Balaban J connectivity index is 2.03. The predicted octanol–water partition coefficient (Wildman–Crippen LogP) is 4.02. The van der Waals surface area contributed by atoms with Crippen molar-refractivity contribution in [3.8, 4) is 0 Å². The number of aliphatic hydroxyl groups excluding tert-OH is 3. The Morgan fingerprint density at radius 3 is 2.20 bits per heavy atom. The van der Waals surface area contributed by atoms with Crippen molar-refractivity contribution in [2.75, 3.05) is 6.61 Å². The Labute approximate surface area is 184 Å².